The monoisotopic (exact) mass is 651 g/mol. The first kappa shape index (κ1) is 33.1. The van der Waals surface area contributed by atoms with Gasteiger partial charge in [-0.2, -0.15) is 0 Å². The molecule has 2 aromatic carbocycles. The summed E-state index contributed by atoms with van der Waals surface area (Å²) in [5.41, 5.74) is 2.11. The Bertz CT molecular complexity index is 1450. The van der Waals surface area contributed by atoms with Crippen LogP contribution < -0.4 is 14.5 Å². The number of hydrogen-bond donors (Lipinski definition) is 1. The molecule has 3 aliphatic heterocycles. The van der Waals surface area contributed by atoms with Gasteiger partial charge in [-0.15, -0.1) is 24.9 Å². The second-order valence-corrected chi connectivity index (χ2v) is 13.9. The van der Waals surface area contributed by atoms with Gasteiger partial charge in [-0.1, -0.05) is 42.8 Å². The molecule has 8 nitrogen and oxygen atoms in total. The SMILES string of the molecule is C=CCN(C(=O)[C@@H]1[C@H]2C(=O)N(CCCO)C(C(=O)N(CC=C)c3c(C)cccc3Cl)C23S[C@@H]1CC3C)c1ccc(OCC)cc1. The number of aliphatic hydroxyl groups is 1. The molecule has 3 unspecified atom stereocenters. The number of halogens is 1. The number of fused-ring (bicyclic) bond motifs is 1. The first-order valence-electron chi connectivity index (χ1n) is 15.6. The van der Waals surface area contributed by atoms with Gasteiger partial charge in [-0.05, 0) is 68.5 Å². The van der Waals surface area contributed by atoms with E-state index >= 15 is 0 Å². The Kier molecular flexibility index (Phi) is 10.0. The van der Waals surface area contributed by atoms with Crippen LogP contribution in [0.3, 0.4) is 0 Å². The molecule has 2 aromatic rings. The lowest BCUT2D eigenvalue weighted by Crippen LogP contribution is -2.58. The summed E-state index contributed by atoms with van der Waals surface area (Å²) in [6.45, 7) is 14.8. The van der Waals surface area contributed by atoms with Gasteiger partial charge in [0.05, 0.1) is 33.9 Å². The summed E-state index contributed by atoms with van der Waals surface area (Å²) < 4.78 is 4.78. The Morgan fingerprint density at radius 3 is 2.44 bits per heavy atom. The van der Waals surface area contributed by atoms with E-state index in [-0.39, 0.29) is 55.1 Å². The molecule has 0 aromatic heterocycles. The summed E-state index contributed by atoms with van der Waals surface area (Å²) in [5, 5.41) is 10.1. The van der Waals surface area contributed by atoms with Crippen molar-refractivity contribution in [3.8, 4) is 5.75 Å². The van der Waals surface area contributed by atoms with Gasteiger partial charge in [0.2, 0.25) is 11.8 Å². The van der Waals surface area contributed by atoms with E-state index in [0.717, 1.165) is 5.56 Å². The predicted molar refractivity (Wildman–Crippen MR) is 181 cm³/mol. The van der Waals surface area contributed by atoms with Crippen molar-refractivity contribution in [2.24, 2.45) is 17.8 Å². The molecule has 0 aliphatic carbocycles. The number of carbonyl (C=O) groups excluding carboxylic acids is 3. The zero-order valence-electron chi connectivity index (χ0n) is 26.2. The minimum atomic E-state index is -0.835. The topological polar surface area (TPSA) is 90.4 Å². The highest BCUT2D eigenvalue weighted by atomic mass is 35.5. The van der Waals surface area contributed by atoms with Gasteiger partial charge in [-0.3, -0.25) is 14.4 Å². The van der Waals surface area contributed by atoms with Crippen LogP contribution in [0.15, 0.2) is 67.8 Å². The Labute approximate surface area is 275 Å². The summed E-state index contributed by atoms with van der Waals surface area (Å²) in [6.07, 6.45) is 4.37. The van der Waals surface area contributed by atoms with Crippen molar-refractivity contribution in [2.45, 2.75) is 49.7 Å². The molecule has 3 aliphatic rings. The Balaban J connectivity index is 1.58. The minimum absolute atomic E-state index is 0.00479. The number of carbonyl (C=O) groups is 3. The van der Waals surface area contributed by atoms with Gasteiger partial charge >= 0.3 is 0 Å². The second-order valence-electron chi connectivity index (χ2n) is 12.0. The van der Waals surface area contributed by atoms with Crippen molar-refractivity contribution < 1.29 is 24.2 Å². The van der Waals surface area contributed by atoms with E-state index in [2.05, 4.69) is 20.1 Å². The molecule has 6 atom stereocenters. The molecule has 45 heavy (non-hydrogen) atoms. The molecule has 3 saturated heterocycles. The van der Waals surface area contributed by atoms with Crippen LogP contribution in [0.4, 0.5) is 11.4 Å². The lowest BCUT2D eigenvalue weighted by Gasteiger charge is -2.41. The summed E-state index contributed by atoms with van der Waals surface area (Å²) in [5.74, 6) is -1.21. The maximum absolute atomic E-state index is 14.9. The van der Waals surface area contributed by atoms with Crippen molar-refractivity contribution in [1.29, 1.82) is 0 Å². The molecule has 10 heteroatoms. The summed E-state index contributed by atoms with van der Waals surface area (Å²) in [4.78, 5) is 48.9. The van der Waals surface area contributed by atoms with Gasteiger partial charge in [0.15, 0.2) is 0 Å². The number of benzene rings is 2. The molecule has 0 saturated carbocycles. The quantitative estimate of drug-likeness (QED) is 0.288. The number of para-hydroxylation sites is 1. The number of thioether (sulfide) groups is 1. The Hall–Kier alpha value is -3.27. The average Bonchev–Trinajstić information content (AvgIpc) is 3.61. The maximum atomic E-state index is 14.9. The number of amides is 3. The minimum Gasteiger partial charge on any atom is -0.494 e. The first-order valence-corrected chi connectivity index (χ1v) is 16.8. The molecule has 3 amide bonds. The molecule has 240 valence electrons. The van der Waals surface area contributed by atoms with Crippen LogP contribution in [0.1, 0.15) is 32.3 Å². The molecule has 0 radical (unpaired) electrons. The Morgan fingerprint density at radius 2 is 1.82 bits per heavy atom. The van der Waals surface area contributed by atoms with Crippen LogP contribution in [0.5, 0.6) is 5.75 Å². The molecule has 1 spiro atoms. The van der Waals surface area contributed by atoms with Gasteiger partial charge in [-0.25, -0.2) is 0 Å². The second kappa shape index (κ2) is 13.6. The molecule has 1 N–H and O–H groups in total. The van der Waals surface area contributed by atoms with Crippen molar-refractivity contribution in [1.82, 2.24) is 4.90 Å². The van der Waals surface area contributed by atoms with E-state index in [4.69, 9.17) is 16.3 Å². The molecule has 3 fully saturated rings. The van der Waals surface area contributed by atoms with E-state index < -0.39 is 22.6 Å². The molecule has 2 bridgehead atoms. The van der Waals surface area contributed by atoms with E-state index in [1.807, 2.05) is 50.2 Å². The van der Waals surface area contributed by atoms with Crippen molar-refractivity contribution >= 4 is 52.5 Å². The third kappa shape index (κ3) is 5.57. The van der Waals surface area contributed by atoms with Crippen LogP contribution >= 0.6 is 23.4 Å². The fourth-order valence-corrected chi connectivity index (χ4v) is 10.3. The van der Waals surface area contributed by atoms with E-state index in [1.165, 1.54) is 0 Å². The van der Waals surface area contributed by atoms with Gasteiger partial charge in [0.1, 0.15) is 11.8 Å². The van der Waals surface area contributed by atoms with E-state index in [0.29, 0.717) is 41.6 Å². The predicted octanol–water partition coefficient (Wildman–Crippen LogP) is 5.50. The van der Waals surface area contributed by atoms with Gasteiger partial charge < -0.3 is 24.5 Å². The molecule has 5 rings (SSSR count). The highest BCUT2D eigenvalue weighted by Gasteiger charge is 2.76. The van der Waals surface area contributed by atoms with Crippen LogP contribution in [0.2, 0.25) is 5.02 Å². The fourth-order valence-electron chi connectivity index (χ4n) is 7.62. The van der Waals surface area contributed by atoms with Gasteiger partial charge in [0, 0.05) is 37.2 Å². The number of hydrogen-bond acceptors (Lipinski definition) is 6. The van der Waals surface area contributed by atoms with Crippen LogP contribution in [0, 0.1) is 24.7 Å². The van der Waals surface area contributed by atoms with Crippen LogP contribution in [0.25, 0.3) is 0 Å². The number of anilines is 2. The summed E-state index contributed by atoms with van der Waals surface area (Å²) >= 11 is 8.30. The van der Waals surface area contributed by atoms with Gasteiger partial charge in [0.25, 0.3) is 5.91 Å². The van der Waals surface area contributed by atoms with Crippen molar-refractivity contribution in [2.75, 3.05) is 42.6 Å². The van der Waals surface area contributed by atoms with E-state index in [9.17, 15) is 19.5 Å². The third-order valence-corrected chi connectivity index (χ3v) is 11.8. The smallest absolute Gasteiger partial charge is 0.251 e. The fraction of sp³-hybridized carbons (Fsp3) is 0.457. The van der Waals surface area contributed by atoms with Crippen molar-refractivity contribution in [3.05, 3.63) is 78.4 Å². The zero-order chi connectivity index (χ0) is 32.5. The number of rotatable bonds is 13. The highest BCUT2D eigenvalue weighted by Crippen LogP contribution is 2.69. The van der Waals surface area contributed by atoms with Crippen LogP contribution in [-0.4, -0.2) is 76.6 Å². The third-order valence-electron chi connectivity index (χ3n) is 9.39. The number of ether oxygens (including phenoxy) is 1. The van der Waals surface area contributed by atoms with Crippen LogP contribution in [-0.2, 0) is 14.4 Å². The molecular formula is C35H42ClN3O5S. The lowest BCUT2D eigenvalue weighted by atomic mass is 9.65. The number of nitrogens with zero attached hydrogens (tertiary/aromatic N) is 3. The van der Waals surface area contributed by atoms with Crippen molar-refractivity contribution in [3.63, 3.8) is 0 Å². The summed E-state index contributed by atoms with van der Waals surface area (Å²) in [6, 6.07) is 12.0. The normalized spacial score (nSPS) is 26.5. The Morgan fingerprint density at radius 1 is 1.13 bits per heavy atom. The first-order chi connectivity index (χ1) is 21.7. The summed E-state index contributed by atoms with van der Waals surface area (Å²) in [7, 11) is 0. The number of aryl methyl sites for hydroxylation is 1. The lowest BCUT2D eigenvalue weighted by molar-refractivity contribution is -0.139. The highest BCUT2D eigenvalue weighted by molar-refractivity contribution is 8.02. The average molecular weight is 652 g/mol. The molecular weight excluding hydrogens is 610 g/mol. The largest absolute Gasteiger partial charge is 0.494 e. The van der Waals surface area contributed by atoms with E-state index in [1.54, 1.807) is 44.7 Å². The number of likely N-dealkylation sites (tertiary alicyclic amines) is 1. The molecule has 3 heterocycles. The standard InChI is InChI=1S/C35H42ClN3O5S/c1-6-17-37(24-13-15-25(16-14-24)44-8-3)32(41)28-27-21-23(5)35(45-27)29(28)33(42)39(19-10-20-40)31(35)34(43)38(18-7-2)30-22(4)11-9-12-26(30)36/h6-7,9,11-16,23,27-29,31,40H,1-2,8,10,17-21H2,3-5H3/t23?,27-,28+,29+,31?,35?/m1/s1. The zero-order valence-corrected chi connectivity index (χ0v) is 27.7. The number of aliphatic hydroxyl groups excluding tert-OH is 1. The maximum Gasteiger partial charge on any atom is 0.251 e.